The molecule has 1 saturated carbocycles. The normalized spacial score (nSPS) is 20.2. The Morgan fingerprint density at radius 1 is 1.23 bits per heavy atom. The molecule has 9 heteroatoms. The molecule has 26 heavy (non-hydrogen) atoms. The number of amides is 3. The standard InChI is InChI=1S/C17H21N3O6/c21-14(18-19-16(23)13-6-3-7-25-13)10-26-17(24)11-8-15(22)20(9-11)12-4-1-2-5-12/h3,6-7,11-12H,1-2,4-5,8-10H2,(H,18,21)(H,19,23)/t11-/m0/s1. The Morgan fingerprint density at radius 2 is 2.00 bits per heavy atom. The van der Waals surface area contributed by atoms with Crippen LogP contribution in [-0.4, -0.2) is 47.8 Å². The summed E-state index contributed by atoms with van der Waals surface area (Å²) < 4.78 is 9.84. The van der Waals surface area contributed by atoms with E-state index in [1.807, 2.05) is 0 Å². The van der Waals surface area contributed by atoms with Crippen LogP contribution in [0, 0.1) is 5.92 Å². The molecule has 0 aromatic carbocycles. The number of carbonyl (C=O) groups is 4. The summed E-state index contributed by atoms with van der Waals surface area (Å²) in [5.41, 5.74) is 4.27. The molecule has 0 spiro atoms. The molecule has 2 N–H and O–H groups in total. The molecule has 1 aliphatic heterocycles. The van der Waals surface area contributed by atoms with Gasteiger partial charge in [0.25, 0.3) is 5.91 Å². The molecular formula is C17H21N3O6. The van der Waals surface area contributed by atoms with Crippen molar-refractivity contribution in [1.82, 2.24) is 15.8 Å². The third-order valence-electron chi connectivity index (χ3n) is 4.66. The van der Waals surface area contributed by atoms with Crippen LogP contribution >= 0.6 is 0 Å². The van der Waals surface area contributed by atoms with Gasteiger partial charge in [0, 0.05) is 19.0 Å². The van der Waals surface area contributed by atoms with Crippen LogP contribution in [0.2, 0.25) is 0 Å². The lowest BCUT2D eigenvalue weighted by Crippen LogP contribution is -2.43. The Bertz CT molecular complexity index is 681. The third kappa shape index (κ3) is 4.22. The Kier molecular flexibility index (Phi) is 5.55. The third-order valence-corrected chi connectivity index (χ3v) is 4.66. The fraction of sp³-hybridized carbons (Fsp3) is 0.529. The zero-order valence-electron chi connectivity index (χ0n) is 14.2. The number of hydrazine groups is 1. The number of likely N-dealkylation sites (tertiary alicyclic amines) is 1. The lowest BCUT2D eigenvalue weighted by molar-refractivity contribution is -0.152. The molecule has 3 rings (SSSR count). The molecular weight excluding hydrogens is 342 g/mol. The summed E-state index contributed by atoms with van der Waals surface area (Å²) >= 11 is 0. The van der Waals surface area contributed by atoms with Gasteiger partial charge in [-0.25, -0.2) is 0 Å². The van der Waals surface area contributed by atoms with Crippen molar-refractivity contribution in [3.05, 3.63) is 24.2 Å². The summed E-state index contributed by atoms with van der Waals surface area (Å²) in [5.74, 6) is -2.42. The van der Waals surface area contributed by atoms with Crippen molar-refractivity contribution in [3.63, 3.8) is 0 Å². The van der Waals surface area contributed by atoms with Gasteiger partial charge >= 0.3 is 11.9 Å². The van der Waals surface area contributed by atoms with Crippen LogP contribution in [0.3, 0.4) is 0 Å². The van der Waals surface area contributed by atoms with E-state index in [1.165, 1.54) is 18.4 Å². The van der Waals surface area contributed by atoms with Crippen LogP contribution < -0.4 is 10.9 Å². The lowest BCUT2D eigenvalue weighted by atomic mass is 10.1. The molecule has 3 amide bonds. The van der Waals surface area contributed by atoms with Gasteiger partial charge in [-0.3, -0.25) is 30.0 Å². The van der Waals surface area contributed by atoms with Gasteiger partial charge in [0.05, 0.1) is 12.2 Å². The molecule has 0 radical (unpaired) electrons. The maximum atomic E-state index is 12.1. The van der Waals surface area contributed by atoms with Crippen LogP contribution in [0.1, 0.15) is 42.7 Å². The van der Waals surface area contributed by atoms with Gasteiger partial charge in [0.2, 0.25) is 5.91 Å². The average Bonchev–Trinajstić information content (AvgIpc) is 3.38. The second-order valence-electron chi connectivity index (χ2n) is 6.47. The van der Waals surface area contributed by atoms with E-state index < -0.39 is 30.3 Å². The van der Waals surface area contributed by atoms with E-state index >= 15 is 0 Å². The van der Waals surface area contributed by atoms with E-state index in [9.17, 15) is 19.2 Å². The number of hydrogen-bond donors (Lipinski definition) is 2. The number of nitrogens with zero attached hydrogens (tertiary/aromatic N) is 1. The maximum Gasteiger partial charge on any atom is 0.311 e. The number of ether oxygens (including phenoxy) is 1. The van der Waals surface area contributed by atoms with Crippen LogP contribution in [-0.2, 0) is 19.1 Å². The second kappa shape index (κ2) is 8.03. The Balaban J connectivity index is 1.39. The minimum absolute atomic E-state index is 0.0333. The van der Waals surface area contributed by atoms with Gasteiger partial charge in [-0.1, -0.05) is 12.8 Å². The number of hydrogen-bond acceptors (Lipinski definition) is 6. The fourth-order valence-corrected chi connectivity index (χ4v) is 3.34. The second-order valence-corrected chi connectivity index (χ2v) is 6.47. The first-order valence-corrected chi connectivity index (χ1v) is 8.63. The Hall–Kier alpha value is -2.84. The SMILES string of the molecule is O=C(COC(=O)[C@H]1CC(=O)N(C2CCCC2)C1)NNC(=O)c1ccco1. The van der Waals surface area contributed by atoms with E-state index in [0.29, 0.717) is 6.54 Å². The van der Waals surface area contributed by atoms with Crippen molar-refractivity contribution in [2.45, 2.75) is 38.1 Å². The highest BCUT2D eigenvalue weighted by Gasteiger charge is 2.39. The summed E-state index contributed by atoms with van der Waals surface area (Å²) in [7, 11) is 0. The topological polar surface area (TPSA) is 118 Å². The maximum absolute atomic E-state index is 12.1. The quantitative estimate of drug-likeness (QED) is 0.577. The van der Waals surface area contributed by atoms with Crippen molar-refractivity contribution in [1.29, 1.82) is 0 Å². The van der Waals surface area contributed by atoms with Crippen molar-refractivity contribution < 1.29 is 28.3 Å². The van der Waals surface area contributed by atoms with Crippen molar-refractivity contribution in [3.8, 4) is 0 Å². The van der Waals surface area contributed by atoms with Crippen LogP contribution in [0.5, 0.6) is 0 Å². The van der Waals surface area contributed by atoms with Crippen molar-refractivity contribution in [2.75, 3.05) is 13.2 Å². The lowest BCUT2D eigenvalue weighted by Gasteiger charge is -2.23. The Labute approximate surface area is 150 Å². The van der Waals surface area contributed by atoms with Crippen molar-refractivity contribution in [2.24, 2.45) is 5.92 Å². The van der Waals surface area contributed by atoms with E-state index in [1.54, 1.807) is 4.90 Å². The molecule has 1 saturated heterocycles. The highest BCUT2D eigenvalue weighted by atomic mass is 16.5. The predicted octanol–water partition coefficient (Wildman–Crippen LogP) is 0.375. The van der Waals surface area contributed by atoms with Gasteiger partial charge in [-0.15, -0.1) is 0 Å². The minimum atomic E-state index is -0.685. The highest BCUT2D eigenvalue weighted by molar-refractivity contribution is 5.93. The molecule has 140 valence electrons. The van der Waals surface area contributed by atoms with Gasteiger partial charge in [-0.2, -0.15) is 0 Å². The number of esters is 1. The molecule has 2 aliphatic rings. The number of rotatable bonds is 5. The van der Waals surface area contributed by atoms with Crippen LogP contribution in [0.25, 0.3) is 0 Å². The summed E-state index contributed by atoms with van der Waals surface area (Å²) in [6, 6.07) is 3.20. The first-order chi connectivity index (χ1) is 12.5. The molecule has 2 heterocycles. The zero-order valence-corrected chi connectivity index (χ0v) is 14.2. The highest BCUT2D eigenvalue weighted by Crippen LogP contribution is 2.29. The molecule has 1 aromatic rings. The van der Waals surface area contributed by atoms with Crippen molar-refractivity contribution >= 4 is 23.7 Å². The van der Waals surface area contributed by atoms with Gasteiger partial charge in [0.1, 0.15) is 0 Å². The van der Waals surface area contributed by atoms with E-state index in [4.69, 9.17) is 9.15 Å². The van der Waals surface area contributed by atoms with Crippen LogP contribution in [0.4, 0.5) is 0 Å². The minimum Gasteiger partial charge on any atom is -0.459 e. The van der Waals surface area contributed by atoms with E-state index in [2.05, 4.69) is 10.9 Å². The van der Waals surface area contributed by atoms with E-state index in [0.717, 1.165) is 25.7 Å². The summed E-state index contributed by atoms with van der Waals surface area (Å²) in [4.78, 5) is 49.2. The zero-order chi connectivity index (χ0) is 18.5. The molecule has 0 bridgehead atoms. The molecule has 9 nitrogen and oxygen atoms in total. The largest absolute Gasteiger partial charge is 0.459 e. The molecule has 1 aliphatic carbocycles. The first-order valence-electron chi connectivity index (χ1n) is 8.63. The smallest absolute Gasteiger partial charge is 0.311 e. The number of nitrogens with one attached hydrogen (secondary N) is 2. The fourth-order valence-electron chi connectivity index (χ4n) is 3.34. The first kappa shape index (κ1) is 18.0. The number of carbonyl (C=O) groups excluding carboxylic acids is 4. The molecule has 1 atom stereocenters. The molecule has 1 aromatic heterocycles. The van der Waals surface area contributed by atoms with E-state index in [-0.39, 0.29) is 24.1 Å². The predicted molar refractivity (Wildman–Crippen MR) is 87.4 cm³/mol. The van der Waals surface area contributed by atoms with Gasteiger partial charge < -0.3 is 14.1 Å². The number of furan rings is 1. The summed E-state index contributed by atoms with van der Waals surface area (Å²) in [6.07, 6.45) is 5.61. The summed E-state index contributed by atoms with van der Waals surface area (Å²) in [6.45, 7) is -0.190. The molecule has 2 fully saturated rings. The monoisotopic (exact) mass is 363 g/mol. The average molecular weight is 363 g/mol. The van der Waals surface area contributed by atoms with Crippen LogP contribution in [0.15, 0.2) is 22.8 Å². The Morgan fingerprint density at radius 3 is 2.69 bits per heavy atom. The van der Waals surface area contributed by atoms with Gasteiger partial charge in [0.15, 0.2) is 12.4 Å². The summed E-state index contributed by atoms with van der Waals surface area (Å²) in [5, 5.41) is 0. The molecule has 0 unspecified atom stereocenters. The van der Waals surface area contributed by atoms with Gasteiger partial charge in [-0.05, 0) is 25.0 Å².